The van der Waals surface area contributed by atoms with Gasteiger partial charge in [0, 0.05) is 4.90 Å². The van der Waals surface area contributed by atoms with E-state index in [4.69, 9.17) is 15.1 Å². The van der Waals surface area contributed by atoms with Gasteiger partial charge < -0.3 is 9.84 Å². The molecule has 0 aliphatic heterocycles. The van der Waals surface area contributed by atoms with Gasteiger partial charge in [-0.3, -0.25) is 10.6 Å². The van der Waals surface area contributed by atoms with E-state index in [1.165, 1.54) is 6.07 Å². The molecule has 25 heavy (non-hydrogen) atoms. The largest absolute Gasteiger partial charge is 0.465 e. The predicted molar refractivity (Wildman–Crippen MR) is 98.1 cm³/mol. The summed E-state index contributed by atoms with van der Waals surface area (Å²) in [5, 5.41) is 24.9. The minimum absolute atomic E-state index is 0.170. The van der Waals surface area contributed by atoms with Crippen molar-refractivity contribution in [2.75, 3.05) is 10.6 Å². The van der Waals surface area contributed by atoms with Gasteiger partial charge in [0.05, 0.1) is 11.4 Å². The average molecular weight is 365 g/mol. The first kappa shape index (κ1) is 20.6. The number of thioether (sulfide) groups is 1. The smallest absolute Gasteiger partial charge is 0.412 e. The highest BCUT2D eigenvalue weighted by Gasteiger charge is 2.24. The third-order valence-corrected chi connectivity index (χ3v) is 3.61. The number of hydrogen-bond acceptors (Lipinski definition) is 5. The summed E-state index contributed by atoms with van der Waals surface area (Å²) in [7, 11) is 0. The molecule has 1 rings (SSSR count). The molecule has 0 heterocycles. The van der Waals surface area contributed by atoms with Gasteiger partial charge in [-0.25, -0.2) is 9.59 Å². The van der Waals surface area contributed by atoms with Crippen LogP contribution in [0.5, 0.6) is 0 Å². The molecule has 0 aliphatic rings. The van der Waals surface area contributed by atoms with E-state index < -0.39 is 17.8 Å². The second-order valence-electron chi connectivity index (χ2n) is 7.39. The number of carboxylic acid groups (broad SMARTS) is 1. The fraction of sp³-hybridized carbons (Fsp3) is 0.471. The van der Waals surface area contributed by atoms with E-state index in [1.807, 2.05) is 26.2 Å². The molecule has 1 aromatic rings. The van der Waals surface area contributed by atoms with Crippen molar-refractivity contribution in [2.45, 2.75) is 57.5 Å². The van der Waals surface area contributed by atoms with Gasteiger partial charge in [-0.05, 0) is 55.6 Å². The molecule has 136 valence electrons. The highest BCUT2D eigenvalue weighted by molar-refractivity contribution is 8.03. The van der Waals surface area contributed by atoms with Crippen molar-refractivity contribution in [3.8, 4) is 5.40 Å². The Bertz CT molecular complexity index is 712. The van der Waals surface area contributed by atoms with E-state index in [9.17, 15) is 9.59 Å². The topological polar surface area (TPSA) is 111 Å². The van der Waals surface area contributed by atoms with Crippen molar-refractivity contribution >= 4 is 35.3 Å². The number of rotatable bonds is 3. The molecule has 0 saturated carbocycles. The number of carbonyl (C=O) groups excluding carboxylic acids is 1. The van der Waals surface area contributed by atoms with Crippen molar-refractivity contribution in [3.05, 3.63) is 17.7 Å². The Morgan fingerprint density at radius 2 is 1.68 bits per heavy atom. The van der Waals surface area contributed by atoms with Crippen LogP contribution in [0.2, 0.25) is 0 Å². The molecular formula is C17H23N3O4S. The first-order valence-electron chi connectivity index (χ1n) is 7.58. The van der Waals surface area contributed by atoms with Gasteiger partial charge in [0.2, 0.25) is 0 Å². The number of nitriles is 1. The van der Waals surface area contributed by atoms with Crippen molar-refractivity contribution in [2.24, 2.45) is 0 Å². The maximum absolute atomic E-state index is 12.1. The molecule has 0 unspecified atom stereocenters. The zero-order valence-corrected chi connectivity index (χ0v) is 16.0. The van der Waals surface area contributed by atoms with E-state index >= 15 is 0 Å². The van der Waals surface area contributed by atoms with Crippen LogP contribution in [-0.2, 0) is 10.2 Å². The molecule has 3 N–H and O–H groups in total. The molecule has 8 heteroatoms. The second-order valence-corrected chi connectivity index (χ2v) is 8.22. The normalized spacial score (nSPS) is 11.4. The van der Waals surface area contributed by atoms with E-state index in [-0.39, 0.29) is 16.8 Å². The molecule has 0 aliphatic carbocycles. The Morgan fingerprint density at radius 1 is 1.12 bits per heavy atom. The fourth-order valence-electron chi connectivity index (χ4n) is 2.04. The zero-order valence-electron chi connectivity index (χ0n) is 15.2. The van der Waals surface area contributed by atoms with E-state index in [2.05, 4.69) is 10.6 Å². The maximum Gasteiger partial charge on any atom is 0.412 e. The minimum atomic E-state index is -1.27. The van der Waals surface area contributed by atoms with Crippen LogP contribution in [0.1, 0.15) is 47.1 Å². The lowest BCUT2D eigenvalue weighted by atomic mass is 9.86. The standard InChI is InChI=1S/C17H23N3O4S/c1-16(2,3)10-7-11(20-15(23)24-17(4,5)6)12(19-14(21)22)8-13(10)25-9-18/h7-8,19H,1-6H3,(H,20,23)(H,21,22). The van der Waals surface area contributed by atoms with Crippen molar-refractivity contribution < 1.29 is 19.4 Å². The summed E-state index contributed by atoms with van der Waals surface area (Å²) < 4.78 is 5.22. The van der Waals surface area contributed by atoms with E-state index in [0.29, 0.717) is 4.90 Å². The van der Waals surface area contributed by atoms with Crippen LogP contribution in [-0.4, -0.2) is 22.9 Å². The molecular weight excluding hydrogens is 342 g/mol. The number of anilines is 2. The van der Waals surface area contributed by atoms with E-state index in [1.54, 1.807) is 26.8 Å². The van der Waals surface area contributed by atoms with Crippen molar-refractivity contribution in [1.82, 2.24) is 0 Å². The molecule has 0 spiro atoms. The quantitative estimate of drug-likeness (QED) is 0.514. The van der Waals surface area contributed by atoms with Gasteiger partial charge in [0.25, 0.3) is 0 Å². The minimum Gasteiger partial charge on any atom is -0.465 e. The lowest BCUT2D eigenvalue weighted by Gasteiger charge is -2.25. The molecule has 7 nitrogen and oxygen atoms in total. The molecule has 0 bridgehead atoms. The Hall–Kier alpha value is -2.40. The summed E-state index contributed by atoms with van der Waals surface area (Å²) in [5.41, 5.74) is 0.244. The average Bonchev–Trinajstić information content (AvgIpc) is 2.37. The molecule has 0 aromatic heterocycles. The number of carbonyl (C=O) groups is 2. The number of benzene rings is 1. The first-order valence-corrected chi connectivity index (χ1v) is 8.39. The number of amides is 2. The summed E-state index contributed by atoms with van der Waals surface area (Å²) >= 11 is 0.936. The van der Waals surface area contributed by atoms with Crippen molar-refractivity contribution in [1.29, 1.82) is 5.26 Å². The lowest BCUT2D eigenvalue weighted by Crippen LogP contribution is -2.28. The summed E-state index contributed by atoms with van der Waals surface area (Å²) in [5.74, 6) is 0. The van der Waals surface area contributed by atoms with Crippen LogP contribution in [0.4, 0.5) is 21.0 Å². The third kappa shape index (κ3) is 6.55. The molecule has 0 saturated heterocycles. The highest BCUT2D eigenvalue weighted by Crippen LogP contribution is 2.38. The number of hydrogen-bond donors (Lipinski definition) is 3. The molecule has 2 amide bonds. The first-order chi connectivity index (χ1) is 11.3. The predicted octanol–water partition coefficient (Wildman–Crippen LogP) is 4.99. The van der Waals surface area contributed by atoms with Gasteiger partial charge in [0.1, 0.15) is 11.0 Å². The molecule has 0 atom stereocenters. The van der Waals surface area contributed by atoms with Crippen LogP contribution in [0, 0.1) is 10.7 Å². The van der Waals surface area contributed by atoms with Gasteiger partial charge in [-0.1, -0.05) is 20.8 Å². The van der Waals surface area contributed by atoms with Gasteiger partial charge in [-0.15, -0.1) is 0 Å². The fourth-order valence-corrected chi connectivity index (χ4v) is 2.79. The Morgan fingerprint density at radius 3 is 2.12 bits per heavy atom. The number of nitrogens with zero attached hydrogens (tertiary/aromatic N) is 1. The summed E-state index contributed by atoms with van der Waals surface area (Å²) in [6.07, 6.45) is -1.97. The Labute approximate surface area is 151 Å². The van der Waals surface area contributed by atoms with Crippen LogP contribution in [0.3, 0.4) is 0 Å². The van der Waals surface area contributed by atoms with Gasteiger partial charge in [0.15, 0.2) is 0 Å². The summed E-state index contributed by atoms with van der Waals surface area (Å²) in [6.45, 7) is 11.1. The summed E-state index contributed by atoms with van der Waals surface area (Å²) in [4.78, 5) is 23.8. The summed E-state index contributed by atoms with van der Waals surface area (Å²) in [6, 6.07) is 3.20. The molecule has 0 fully saturated rings. The van der Waals surface area contributed by atoms with E-state index in [0.717, 1.165) is 17.3 Å². The Kier molecular flexibility index (Phi) is 6.32. The molecule has 0 radical (unpaired) electrons. The highest BCUT2D eigenvalue weighted by atomic mass is 32.2. The second kappa shape index (κ2) is 7.66. The number of ether oxygens (including phenoxy) is 1. The zero-order chi connectivity index (χ0) is 19.4. The molecule has 1 aromatic carbocycles. The maximum atomic E-state index is 12.1. The van der Waals surface area contributed by atoms with Crippen LogP contribution in [0.25, 0.3) is 0 Å². The monoisotopic (exact) mass is 365 g/mol. The Balaban J connectivity index is 3.39. The van der Waals surface area contributed by atoms with Gasteiger partial charge in [-0.2, -0.15) is 5.26 Å². The third-order valence-electron chi connectivity index (χ3n) is 2.96. The van der Waals surface area contributed by atoms with Gasteiger partial charge >= 0.3 is 12.2 Å². The van der Waals surface area contributed by atoms with Crippen molar-refractivity contribution in [3.63, 3.8) is 0 Å². The van der Waals surface area contributed by atoms with Crippen LogP contribution in [0.15, 0.2) is 17.0 Å². The number of thiocyanates is 1. The lowest BCUT2D eigenvalue weighted by molar-refractivity contribution is 0.0636. The van der Waals surface area contributed by atoms with Crippen LogP contribution >= 0.6 is 11.8 Å². The number of nitrogens with one attached hydrogen (secondary N) is 2. The SMILES string of the molecule is CC(C)(C)OC(=O)Nc1cc(C(C)(C)C)c(SC#N)cc1NC(=O)O. The van der Waals surface area contributed by atoms with Crippen LogP contribution < -0.4 is 10.6 Å².